The predicted octanol–water partition coefficient (Wildman–Crippen LogP) is 2.10. The lowest BCUT2D eigenvalue weighted by Gasteiger charge is -2.24. The van der Waals surface area contributed by atoms with Gasteiger partial charge in [-0.25, -0.2) is 4.79 Å². The normalized spacial score (nSPS) is 16.0. The molecule has 2 aromatic carbocycles. The van der Waals surface area contributed by atoms with Crippen molar-refractivity contribution in [3.05, 3.63) is 65.2 Å². The van der Waals surface area contributed by atoms with Crippen molar-refractivity contribution in [3.8, 4) is 5.75 Å². The first-order valence-corrected chi connectivity index (χ1v) is 9.08. The van der Waals surface area contributed by atoms with E-state index in [-0.39, 0.29) is 11.7 Å². The molecule has 0 aliphatic carbocycles. The van der Waals surface area contributed by atoms with Crippen LogP contribution in [0.1, 0.15) is 39.1 Å². The van der Waals surface area contributed by atoms with Crippen LogP contribution in [0.15, 0.2) is 48.5 Å². The van der Waals surface area contributed by atoms with Gasteiger partial charge in [-0.05, 0) is 54.8 Å². The van der Waals surface area contributed by atoms with Gasteiger partial charge in [-0.3, -0.25) is 9.59 Å². The number of carbonyl (C=O) groups is 3. The van der Waals surface area contributed by atoms with E-state index in [1.807, 2.05) is 12.1 Å². The maximum atomic E-state index is 12.9. The van der Waals surface area contributed by atoms with E-state index in [0.29, 0.717) is 36.4 Å². The summed E-state index contributed by atoms with van der Waals surface area (Å²) < 4.78 is 5.08. The first kappa shape index (κ1) is 19.6. The van der Waals surface area contributed by atoms with Crippen molar-refractivity contribution >= 4 is 17.7 Å². The van der Waals surface area contributed by atoms with Gasteiger partial charge in [0.2, 0.25) is 0 Å². The summed E-state index contributed by atoms with van der Waals surface area (Å²) in [6, 6.07) is 12.9. The maximum Gasteiger partial charge on any atom is 0.341 e. The van der Waals surface area contributed by atoms with Crippen LogP contribution in [0.5, 0.6) is 5.75 Å². The van der Waals surface area contributed by atoms with E-state index in [9.17, 15) is 14.4 Å². The minimum Gasteiger partial charge on any atom is -0.482 e. The molecule has 7 heteroatoms. The van der Waals surface area contributed by atoms with Crippen molar-refractivity contribution in [1.29, 1.82) is 0 Å². The van der Waals surface area contributed by atoms with Crippen molar-refractivity contribution in [2.24, 2.45) is 5.73 Å². The van der Waals surface area contributed by atoms with Crippen molar-refractivity contribution in [2.75, 3.05) is 13.2 Å². The van der Waals surface area contributed by atoms with Crippen molar-refractivity contribution in [1.82, 2.24) is 4.90 Å². The molecule has 28 heavy (non-hydrogen) atoms. The summed E-state index contributed by atoms with van der Waals surface area (Å²) in [5.41, 5.74) is 7.53. The molecule has 3 rings (SSSR count). The molecule has 0 spiro atoms. The highest BCUT2D eigenvalue weighted by molar-refractivity contribution is 6.04. The largest absolute Gasteiger partial charge is 0.482 e. The van der Waals surface area contributed by atoms with E-state index in [2.05, 4.69) is 0 Å². The number of rotatable bonds is 7. The number of carboxylic acid groups (broad SMARTS) is 1. The van der Waals surface area contributed by atoms with Crippen LogP contribution in [0, 0.1) is 0 Å². The number of benzene rings is 2. The molecule has 1 fully saturated rings. The Hall–Kier alpha value is -3.19. The quantitative estimate of drug-likeness (QED) is 0.710. The minimum absolute atomic E-state index is 0.130. The minimum atomic E-state index is -1.07. The molecule has 0 aromatic heterocycles. The third-order valence-electron chi connectivity index (χ3n) is 4.75. The molecule has 2 aromatic rings. The third kappa shape index (κ3) is 4.37. The van der Waals surface area contributed by atoms with Gasteiger partial charge in [0.25, 0.3) is 5.91 Å². The zero-order valence-corrected chi connectivity index (χ0v) is 15.3. The van der Waals surface area contributed by atoms with Gasteiger partial charge in [0.05, 0.1) is 6.04 Å². The monoisotopic (exact) mass is 382 g/mol. The number of Topliss-reactive ketones (excluding diaryl/α,β-unsaturated/α-hetero) is 1. The Morgan fingerprint density at radius 2 is 1.68 bits per heavy atom. The topological polar surface area (TPSA) is 110 Å². The highest BCUT2D eigenvalue weighted by Gasteiger charge is 2.34. The van der Waals surface area contributed by atoms with E-state index >= 15 is 0 Å². The third-order valence-corrected chi connectivity index (χ3v) is 4.75. The molecule has 1 heterocycles. The summed E-state index contributed by atoms with van der Waals surface area (Å²) in [7, 11) is 0. The number of ether oxygens (including phenoxy) is 1. The lowest BCUT2D eigenvalue weighted by Crippen LogP contribution is -2.40. The molecule has 3 N–H and O–H groups in total. The molecular weight excluding hydrogens is 360 g/mol. The maximum absolute atomic E-state index is 12.9. The molecule has 7 nitrogen and oxygen atoms in total. The lowest BCUT2D eigenvalue weighted by atomic mass is 10.0. The summed E-state index contributed by atoms with van der Waals surface area (Å²) in [5.74, 6) is -0.992. The van der Waals surface area contributed by atoms with Crippen LogP contribution in [0.4, 0.5) is 0 Å². The summed E-state index contributed by atoms with van der Waals surface area (Å²) in [6.07, 6.45) is 1.38. The molecule has 1 aliphatic rings. The van der Waals surface area contributed by atoms with Gasteiger partial charge in [0.15, 0.2) is 12.4 Å². The molecule has 0 saturated carbocycles. The standard InChI is InChI=1S/C21H22N2O5/c22-12-14-3-5-16(6-4-14)21(27)23-11-1-2-18(23)20(26)15-7-9-17(10-8-15)28-13-19(24)25/h3-10,18H,1-2,11-13,22H2,(H,24,25). The van der Waals surface area contributed by atoms with Crippen molar-refractivity contribution < 1.29 is 24.2 Å². The van der Waals surface area contributed by atoms with Gasteiger partial charge in [-0.1, -0.05) is 12.1 Å². The first-order chi connectivity index (χ1) is 13.5. The number of ketones is 1. The number of nitrogens with two attached hydrogens (primary N) is 1. The highest BCUT2D eigenvalue weighted by Crippen LogP contribution is 2.24. The number of amides is 1. The summed E-state index contributed by atoms with van der Waals surface area (Å²) in [4.78, 5) is 38.0. The van der Waals surface area contributed by atoms with Gasteiger partial charge < -0.3 is 20.5 Å². The van der Waals surface area contributed by atoms with Crippen molar-refractivity contribution in [2.45, 2.75) is 25.4 Å². The fourth-order valence-electron chi connectivity index (χ4n) is 3.28. The molecule has 0 bridgehead atoms. The average molecular weight is 382 g/mol. The molecule has 0 radical (unpaired) electrons. The molecular formula is C21H22N2O5. The zero-order chi connectivity index (χ0) is 20.1. The number of aliphatic carboxylic acids is 1. The van der Waals surface area contributed by atoms with Gasteiger partial charge in [-0.2, -0.15) is 0 Å². The molecule has 1 aliphatic heterocycles. The summed E-state index contributed by atoms with van der Waals surface area (Å²) >= 11 is 0. The van der Waals surface area contributed by atoms with E-state index in [0.717, 1.165) is 12.0 Å². The zero-order valence-electron chi connectivity index (χ0n) is 15.3. The fraction of sp³-hybridized carbons (Fsp3) is 0.286. The number of carboxylic acids is 1. The highest BCUT2D eigenvalue weighted by atomic mass is 16.5. The first-order valence-electron chi connectivity index (χ1n) is 9.08. The van der Waals surface area contributed by atoms with Gasteiger partial charge in [-0.15, -0.1) is 0 Å². The van der Waals surface area contributed by atoms with Crippen molar-refractivity contribution in [3.63, 3.8) is 0 Å². The second-order valence-corrected chi connectivity index (χ2v) is 6.63. The van der Waals surface area contributed by atoms with E-state index in [1.165, 1.54) is 0 Å². The smallest absolute Gasteiger partial charge is 0.341 e. The van der Waals surface area contributed by atoms with Crippen LogP contribution in [0.25, 0.3) is 0 Å². The van der Waals surface area contributed by atoms with Gasteiger partial charge in [0, 0.05) is 24.2 Å². The molecule has 1 amide bonds. The Morgan fingerprint density at radius 1 is 1.04 bits per heavy atom. The Kier molecular flexibility index (Phi) is 6.06. The molecule has 146 valence electrons. The van der Waals surface area contributed by atoms with Gasteiger partial charge in [0.1, 0.15) is 5.75 Å². The van der Waals surface area contributed by atoms with E-state index in [4.69, 9.17) is 15.6 Å². The van der Waals surface area contributed by atoms with Crippen LogP contribution in [-0.2, 0) is 11.3 Å². The number of carbonyl (C=O) groups excluding carboxylic acids is 2. The van der Waals surface area contributed by atoms with Crippen LogP contribution in [0.2, 0.25) is 0 Å². The van der Waals surface area contributed by atoms with E-state index < -0.39 is 18.6 Å². The molecule has 1 saturated heterocycles. The average Bonchev–Trinajstić information content (AvgIpc) is 3.21. The SMILES string of the molecule is NCc1ccc(C(=O)N2CCCC2C(=O)c2ccc(OCC(=O)O)cc2)cc1. The number of hydrogen-bond donors (Lipinski definition) is 2. The Bertz CT molecular complexity index is 861. The van der Waals surface area contributed by atoms with Crippen LogP contribution in [0.3, 0.4) is 0 Å². The van der Waals surface area contributed by atoms with E-state index in [1.54, 1.807) is 41.3 Å². The molecule has 1 atom stereocenters. The predicted molar refractivity (Wildman–Crippen MR) is 102 cm³/mol. The summed E-state index contributed by atoms with van der Waals surface area (Å²) in [5, 5.41) is 8.64. The second kappa shape index (κ2) is 8.67. The number of likely N-dealkylation sites (tertiary alicyclic amines) is 1. The molecule has 1 unspecified atom stereocenters. The van der Waals surface area contributed by atoms with Gasteiger partial charge >= 0.3 is 5.97 Å². The van der Waals surface area contributed by atoms with Crippen LogP contribution >= 0.6 is 0 Å². The fourth-order valence-corrected chi connectivity index (χ4v) is 3.28. The van der Waals surface area contributed by atoms with Crippen LogP contribution < -0.4 is 10.5 Å². The summed E-state index contributed by atoms with van der Waals surface area (Å²) in [6.45, 7) is 0.500. The lowest BCUT2D eigenvalue weighted by molar-refractivity contribution is -0.139. The Labute approximate surface area is 162 Å². The number of hydrogen-bond acceptors (Lipinski definition) is 5. The second-order valence-electron chi connectivity index (χ2n) is 6.63. The Morgan fingerprint density at radius 3 is 2.29 bits per heavy atom. The Balaban J connectivity index is 1.71. The number of nitrogens with zero attached hydrogens (tertiary/aromatic N) is 1. The van der Waals surface area contributed by atoms with Crippen LogP contribution in [-0.4, -0.2) is 46.9 Å².